The van der Waals surface area contributed by atoms with Gasteiger partial charge in [0.1, 0.15) is 5.82 Å². The number of benzene rings is 1. The van der Waals surface area contributed by atoms with E-state index in [0.717, 1.165) is 5.69 Å². The van der Waals surface area contributed by atoms with Crippen molar-refractivity contribution in [1.29, 1.82) is 0 Å². The first-order chi connectivity index (χ1) is 14.5. The lowest BCUT2D eigenvalue weighted by Gasteiger charge is -2.31. The minimum absolute atomic E-state index is 0.0199. The summed E-state index contributed by atoms with van der Waals surface area (Å²) in [6, 6.07) is 5.68. The molecule has 0 unspecified atom stereocenters. The monoisotopic (exact) mass is 498 g/mol. The number of ether oxygens (including phenoxy) is 2. The van der Waals surface area contributed by atoms with E-state index in [1.165, 1.54) is 4.31 Å². The number of halogens is 1. The fraction of sp³-hybridized carbons (Fsp3) is 0.444. The summed E-state index contributed by atoms with van der Waals surface area (Å²) in [5.41, 5.74) is 6.15. The maximum atomic E-state index is 12.2. The summed E-state index contributed by atoms with van der Waals surface area (Å²) in [6.45, 7) is 1.22. The quantitative estimate of drug-likeness (QED) is 0.523. The molecule has 2 aliphatic rings. The molecular formula is C18H23BrN6O4S. The van der Waals surface area contributed by atoms with E-state index in [-0.39, 0.29) is 25.1 Å². The maximum absolute atomic E-state index is 12.2. The van der Waals surface area contributed by atoms with Crippen molar-refractivity contribution in [1.82, 2.24) is 14.3 Å². The van der Waals surface area contributed by atoms with Gasteiger partial charge in [0.2, 0.25) is 22.8 Å². The largest absolute Gasteiger partial charge is 0.454 e. The molecule has 0 aliphatic carbocycles. The van der Waals surface area contributed by atoms with Gasteiger partial charge >= 0.3 is 0 Å². The Kier molecular flexibility index (Phi) is 6.27. The van der Waals surface area contributed by atoms with Crippen LogP contribution >= 0.6 is 15.9 Å². The van der Waals surface area contributed by atoms with Gasteiger partial charge < -0.3 is 25.8 Å². The van der Waals surface area contributed by atoms with E-state index < -0.39 is 10.0 Å². The number of anilines is 3. The number of para-hydroxylation sites is 1. The van der Waals surface area contributed by atoms with Crippen LogP contribution in [0.2, 0.25) is 0 Å². The summed E-state index contributed by atoms with van der Waals surface area (Å²) < 4.78 is 37.5. The number of nitrogens with two attached hydrogens (primary N) is 1. The number of fused-ring (bicyclic) bond motifs is 1. The maximum Gasteiger partial charge on any atom is 0.231 e. The van der Waals surface area contributed by atoms with Crippen LogP contribution in [0.15, 0.2) is 28.9 Å². The molecule has 1 saturated heterocycles. The van der Waals surface area contributed by atoms with Crippen molar-refractivity contribution in [3.05, 3.63) is 28.9 Å². The molecule has 4 rings (SSSR count). The third-order valence-electron chi connectivity index (χ3n) is 4.95. The highest BCUT2D eigenvalue weighted by Gasteiger charge is 2.28. The van der Waals surface area contributed by atoms with Crippen molar-refractivity contribution >= 4 is 43.4 Å². The molecule has 1 aromatic heterocycles. The third-order valence-corrected chi connectivity index (χ3v) is 7.43. The lowest BCUT2D eigenvalue weighted by Crippen LogP contribution is -2.44. The minimum atomic E-state index is -3.27. The Bertz CT molecular complexity index is 1010. The van der Waals surface area contributed by atoms with Crippen LogP contribution < -0.4 is 25.8 Å². The van der Waals surface area contributed by atoms with E-state index >= 15 is 0 Å². The highest BCUT2D eigenvalue weighted by Crippen LogP contribution is 2.40. The molecule has 0 amide bonds. The second-order valence-electron chi connectivity index (χ2n) is 6.98. The highest BCUT2D eigenvalue weighted by molar-refractivity contribution is 9.10. The van der Waals surface area contributed by atoms with Gasteiger partial charge in [0, 0.05) is 31.9 Å². The predicted molar refractivity (Wildman–Crippen MR) is 117 cm³/mol. The molecular weight excluding hydrogens is 476 g/mol. The van der Waals surface area contributed by atoms with Gasteiger partial charge in [-0.2, -0.15) is 4.98 Å². The molecule has 10 nitrogen and oxygen atoms in total. The summed E-state index contributed by atoms with van der Waals surface area (Å²) >= 11 is 3.47. The molecule has 4 N–H and O–H groups in total. The summed E-state index contributed by atoms with van der Waals surface area (Å²) in [4.78, 5) is 8.89. The number of rotatable bonds is 7. The molecule has 1 fully saturated rings. The molecule has 30 heavy (non-hydrogen) atoms. The smallest absolute Gasteiger partial charge is 0.231 e. The average Bonchev–Trinajstić information content (AvgIpc) is 3.21. The summed E-state index contributed by atoms with van der Waals surface area (Å²) in [5.74, 6) is 2.35. The number of nitrogens with zero attached hydrogens (tertiary/aromatic N) is 3. The number of nitrogens with one attached hydrogen (secondary N) is 2. The van der Waals surface area contributed by atoms with Crippen LogP contribution in [0.3, 0.4) is 0 Å². The minimum Gasteiger partial charge on any atom is -0.454 e. The fourth-order valence-corrected chi connectivity index (χ4v) is 5.03. The Balaban J connectivity index is 1.42. The van der Waals surface area contributed by atoms with Crippen LogP contribution in [0, 0.1) is 0 Å². The summed E-state index contributed by atoms with van der Waals surface area (Å²) in [5, 5.41) is 6.55. The number of piperidine rings is 1. The zero-order valence-electron chi connectivity index (χ0n) is 16.2. The molecule has 0 spiro atoms. The zero-order valence-corrected chi connectivity index (χ0v) is 18.6. The lowest BCUT2D eigenvalue weighted by atomic mass is 10.1. The molecule has 162 valence electrons. The van der Waals surface area contributed by atoms with Crippen LogP contribution in [-0.4, -0.2) is 60.9 Å². The van der Waals surface area contributed by atoms with E-state index in [4.69, 9.17) is 15.2 Å². The van der Waals surface area contributed by atoms with Gasteiger partial charge in [0.25, 0.3) is 0 Å². The van der Waals surface area contributed by atoms with Crippen LogP contribution in [0.1, 0.15) is 12.8 Å². The Morgan fingerprint density at radius 2 is 2.07 bits per heavy atom. The zero-order chi connectivity index (χ0) is 21.1. The molecule has 12 heteroatoms. The molecule has 2 aromatic rings. The Morgan fingerprint density at radius 3 is 2.83 bits per heavy atom. The Morgan fingerprint density at radius 1 is 1.27 bits per heavy atom. The van der Waals surface area contributed by atoms with Gasteiger partial charge in [0.15, 0.2) is 11.5 Å². The van der Waals surface area contributed by atoms with Crippen molar-refractivity contribution in [2.24, 2.45) is 5.73 Å². The van der Waals surface area contributed by atoms with Gasteiger partial charge in [-0.3, -0.25) is 0 Å². The van der Waals surface area contributed by atoms with Crippen LogP contribution in [-0.2, 0) is 10.0 Å². The van der Waals surface area contributed by atoms with Gasteiger partial charge in [-0.1, -0.05) is 6.07 Å². The van der Waals surface area contributed by atoms with E-state index in [1.54, 1.807) is 6.20 Å². The van der Waals surface area contributed by atoms with Gasteiger partial charge in [0.05, 0.1) is 15.9 Å². The highest BCUT2D eigenvalue weighted by atomic mass is 79.9. The van der Waals surface area contributed by atoms with Gasteiger partial charge in [-0.15, -0.1) is 0 Å². The second-order valence-corrected chi connectivity index (χ2v) is 9.92. The molecule has 3 heterocycles. The normalized spacial score (nSPS) is 17.1. The lowest BCUT2D eigenvalue weighted by molar-refractivity contribution is 0.174. The number of aromatic nitrogens is 2. The van der Waals surface area contributed by atoms with Crippen molar-refractivity contribution < 1.29 is 17.9 Å². The summed E-state index contributed by atoms with van der Waals surface area (Å²) in [7, 11) is -3.27. The SMILES string of the molecule is NCCS(=O)(=O)N1CCC(Nc2ncc(Br)c(Nc3cccc4c3OCO4)n2)CC1. The second kappa shape index (κ2) is 8.92. The third kappa shape index (κ3) is 4.61. The van der Waals surface area contributed by atoms with Crippen molar-refractivity contribution in [2.75, 3.05) is 42.8 Å². The molecule has 0 radical (unpaired) electrons. The Hall–Kier alpha value is -2.15. The molecule has 0 saturated carbocycles. The van der Waals surface area contributed by atoms with E-state index in [0.29, 0.717) is 53.7 Å². The average molecular weight is 499 g/mol. The van der Waals surface area contributed by atoms with E-state index in [1.807, 2.05) is 18.2 Å². The summed E-state index contributed by atoms with van der Waals surface area (Å²) in [6.07, 6.45) is 3.01. The van der Waals surface area contributed by atoms with Crippen LogP contribution in [0.5, 0.6) is 11.5 Å². The fourth-order valence-electron chi connectivity index (χ4n) is 3.42. The standard InChI is InChI=1S/C18H23BrN6O4S/c19-13-10-21-18(22-12-4-7-25(8-5-12)30(26,27)9-6-20)24-17(13)23-14-2-1-3-15-16(14)29-11-28-15/h1-3,10,12H,4-9,11,20H2,(H2,21,22,23,24). The number of sulfonamides is 1. The van der Waals surface area contributed by atoms with Crippen molar-refractivity contribution in [2.45, 2.75) is 18.9 Å². The first-order valence-electron chi connectivity index (χ1n) is 9.59. The molecule has 0 atom stereocenters. The Labute approximate surface area is 183 Å². The van der Waals surface area contributed by atoms with Crippen LogP contribution in [0.4, 0.5) is 17.5 Å². The number of hydrogen-bond donors (Lipinski definition) is 3. The van der Waals surface area contributed by atoms with Crippen LogP contribution in [0.25, 0.3) is 0 Å². The van der Waals surface area contributed by atoms with Crippen molar-refractivity contribution in [3.8, 4) is 11.5 Å². The predicted octanol–water partition coefficient (Wildman–Crippen LogP) is 1.88. The van der Waals surface area contributed by atoms with Gasteiger partial charge in [-0.25, -0.2) is 17.7 Å². The molecule has 2 aliphatic heterocycles. The van der Waals surface area contributed by atoms with Crippen molar-refractivity contribution in [3.63, 3.8) is 0 Å². The van der Waals surface area contributed by atoms with E-state index in [2.05, 4.69) is 36.5 Å². The van der Waals surface area contributed by atoms with Gasteiger partial charge in [-0.05, 0) is 40.9 Å². The first kappa shape index (κ1) is 21.1. The topological polar surface area (TPSA) is 132 Å². The molecule has 1 aromatic carbocycles. The van der Waals surface area contributed by atoms with E-state index in [9.17, 15) is 8.42 Å². The number of hydrogen-bond acceptors (Lipinski definition) is 9. The molecule has 0 bridgehead atoms. The first-order valence-corrected chi connectivity index (χ1v) is 12.0.